The van der Waals surface area contributed by atoms with Gasteiger partial charge in [-0.1, -0.05) is 50.1 Å². The second-order valence-corrected chi connectivity index (χ2v) is 15.8. The van der Waals surface area contributed by atoms with Crippen LogP contribution in [-0.4, -0.2) is 43.2 Å². The molecule has 4 aliphatic rings. The zero-order chi connectivity index (χ0) is 33.4. The molecule has 8 atom stereocenters. The molecule has 3 N–H and O–H groups in total. The van der Waals surface area contributed by atoms with Crippen LogP contribution in [0, 0.1) is 34.5 Å². The third-order valence-corrected chi connectivity index (χ3v) is 12.9. The Morgan fingerprint density at radius 1 is 1.09 bits per heavy atom. The van der Waals surface area contributed by atoms with Crippen LogP contribution < -0.4 is 10.1 Å². The Balaban J connectivity index is 1.20. The number of benzene rings is 1. The lowest BCUT2D eigenvalue weighted by atomic mass is 9.49. The van der Waals surface area contributed by atoms with Crippen LogP contribution in [0.5, 0.6) is 5.75 Å². The smallest absolute Gasteiger partial charge is 0.397 e. The second kappa shape index (κ2) is 13.4. The number of carbonyl (C=O) groups is 2. The molecule has 0 heterocycles. The van der Waals surface area contributed by atoms with Gasteiger partial charge in [0.2, 0.25) is 5.91 Å². The van der Waals surface area contributed by atoms with Crippen molar-refractivity contribution in [3.63, 3.8) is 0 Å². The summed E-state index contributed by atoms with van der Waals surface area (Å²) in [7, 11) is -2.89. The molecule has 0 spiro atoms. The van der Waals surface area contributed by atoms with Gasteiger partial charge in [-0.05, 0) is 130 Å². The zero-order valence-corrected chi connectivity index (χ0v) is 28.7. The maximum atomic E-state index is 12.9. The zero-order valence-electron chi connectivity index (χ0n) is 27.9. The van der Waals surface area contributed by atoms with E-state index in [-0.39, 0.29) is 16.7 Å². The van der Waals surface area contributed by atoms with Gasteiger partial charge < -0.3 is 15.2 Å². The Bertz CT molecular complexity index is 1480. The number of allylic oxidation sites excluding steroid dienone is 3. The van der Waals surface area contributed by atoms with Gasteiger partial charge in [0.25, 0.3) is 0 Å². The van der Waals surface area contributed by atoms with Crippen molar-refractivity contribution in [2.45, 2.75) is 110 Å². The summed E-state index contributed by atoms with van der Waals surface area (Å²) in [6.07, 6.45) is 12.3. The number of ether oxygens (including phenoxy) is 1. The number of amides is 1. The van der Waals surface area contributed by atoms with Crippen LogP contribution in [0.4, 0.5) is 0 Å². The molecule has 3 saturated carbocycles. The molecule has 0 radical (unpaired) electrons. The highest BCUT2D eigenvalue weighted by atomic mass is 32.3. The van der Waals surface area contributed by atoms with E-state index in [9.17, 15) is 27.7 Å². The van der Waals surface area contributed by atoms with Gasteiger partial charge in [0, 0.05) is 5.57 Å². The highest BCUT2D eigenvalue weighted by Gasteiger charge is 2.56. The van der Waals surface area contributed by atoms with Gasteiger partial charge in [-0.25, -0.2) is 8.98 Å². The largest absolute Gasteiger partial charge is 0.497 e. The number of methoxy groups -OCH3 is 1. The molecule has 46 heavy (non-hydrogen) atoms. The predicted molar refractivity (Wildman–Crippen MR) is 175 cm³/mol. The summed E-state index contributed by atoms with van der Waals surface area (Å²) >= 11 is 0. The molecule has 5 rings (SSSR count). The third kappa shape index (κ3) is 6.95. The van der Waals surface area contributed by atoms with Crippen molar-refractivity contribution >= 4 is 22.3 Å². The SMILES string of the molecule is COc1ccc([C@H](NC(=O)/C(C)=C/CC[C@@H](C)[C@H]2CCC3=C4CCC5C[C@@H](OS(=O)(=O)O)CC[C@]5(C)C4CC[C@@]32C)C(=O)O)cc1. The van der Waals surface area contributed by atoms with Crippen molar-refractivity contribution in [2.24, 2.45) is 34.5 Å². The Hall–Kier alpha value is -2.69. The van der Waals surface area contributed by atoms with Gasteiger partial charge in [0.05, 0.1) is 13.2 Å². The number of fused-ring (bicyclic) bond motifs is 4. The monoisotopic (exact) mass is 657 g/mol. The van der Waals surface area contributed by atoms with E-state index < -0.39 is 28.5 Å². The molecule has 0 aliphatic heterocycles. The summed E-state index contributed by atoms with van der Waals surface area (Å²) in [5.74, 6) is 1.12. The minimum atomic E-state index is -4.43. The lowest BCUT2D eigenvalue weighted by Gasteiger charge is -2.57. The van der Waals surface area contributed by atoms with Gasteiger partial charge >= 0.3 is 16.4 Å². The molecule has 2 unspecified atom stereocenters. The highest BCUT2D eigenvalue weighted by Crippen LogP contribution is 2.66. The molecule has 1 aromatic rings. The van der Waals surface area contributed by atoms with E-state index in [1.165, 1.54) is 6.42 Å². The minimum absolute atomic E-state index is 0.139. The Morgan fingerprint density at radius 3 is 2.46 bits per heavy atom. The van der Waals surface area contributed by atoms with Crippen molar-refractivity contribution in [3.8, 4) is 5.75 Å². The number of hydrogen-bond donors (Lipinski definition) is 3. The number of carbonyl (C=O) groups excluding carboxylic acids is 1. The maximum absolute atomic E-state index is 12.9. The molecule has 0 aromatic heterocycles. The first-order valence-corrected chi connectivity index (χ1v) is 18.2. The average molecular weight is 658 g/mol. The molecular weight excluding hydrogens is 606 g/mol. The van der Waals surface area contributed by atoms with Crippen molar-refractivity contribution in [1.29, 1.82) is 0 Å². The van der Waals surface area contributed by atoms with Crippen molar-refractivity contribution in [1.82, 2.24) is 5.32 Å². The fourth-order valence-electron chi connectivity index (χ4n) is 9.85. The number of carboxylic acid groups (broad SMARTS) is 1. The van der Waals surface area contributed by atoms with Crippen LogP contribution in [0.3, 0.4) is 0 Å². The molecule has 0 saturated heterocycles. The summed E-state index contributed by atoms with van der Waals surface area (Å²) in [6, 6.07) is 5.52. The topological polar surface area (TPSA) is 139 Å². The normalized spacial score (nSPS) is 32.5. The van der Waals surface area contributed by atoms with Crippen molar-refractivity contribution in [2.75, 3.05) is 7.11 Å². The molecule has 3 fully saturated rings. The van der Waals surface area contributed by atoms with Gasteiger partial charge in [-0.3, -0.25) is 9.35 Å². The minimum Gasteiger partial charge on any atom is -0.497 e. The summed E-state index contributed by atoms with van der Waals surface area (Å²) in [6.45, 7) is 8.97. The number of aliphatic carboxylic acids is 1. The van der Waals surface area contributed by atoms with Gasteiger partial charge in [-0.2, -0.15) is 8.42 Å². The fourth-order valence-corrected chi connectivity index (χ4v) is 10.4. The van der Waals surface area contributed by atoms with Crippen molar-refractivity contribution in [3.05, 3.63) is 52.6 Å². The van der Waals surface area contributed by atoms with Crippen LogP contribution in [-0.2, 0) is 24.2 Å². The van der Waals surface area contributed by atoms with E-state index in [1.54, 1.807) is 49.4 Å². The lowest BCUT2D eigenvalue weighted by molar-refractivity contribution is -0.141. The maximum Gasteiger partial charge on any atom is 0.397 e. The first kappa shape index (κ1) is 34.6. The summed E-state index contributed by atoms with van der Waals surface area (Å²) in [5, 5.41) is 12.4. The van der Waals surface area contributed by atoms with Gasteiger partial charge in [-0.15, -0.1) is 0 Å². The number of carboxylic acids is 1. The molecule has 9 nitrogen and oxygen atoms in total. The van der Waals surface area contributed by atoms with Gasteiger partial charge in [0.15, 0.2) is 6.04 Å². The van der Waals surface area contributed by atoms with Crippen LogP contribution in [0.25, 0.3) is 0 Å². The molecule has 1 aromatic carbocycles. The lowest BCUT2D eigenvalue weighted by Crippen LogP contribution is -2.48. The number of rotatable bonds is 11. The van der Waals surface area contributed by atoms with E-state index in [0.29, 0.717) is 53.4 Å². The van der Waals surface area contributed by atoms with Crippen molar-refractivity contribution < 1.29 is 36.6 Å². The third-order valence-electron chi connectivity index (χ3n) is 12.4. The van der Waals surface area contributed by atoms with Crippen LogP contribution in [0.15, 0.2) is 47.1 Å². The van der Waals surface area contributed by atoms with Crippen LogP contribution >= 0.6 is 0 Å². The molecule has 1 amide bonds. The Morgan fingerprint density at radius 2 is 1.80 bits per heavy atom. The number of nitrogens with one attached hydrogen (secondary N) is 1. The highest BCUT2D eigenvalue weighted by molar-refractivity contribution is 7.80. The van der Waals surface area contributed by atoms with E-state index >= 15 is 0 Å². The second-order valence-electron chi connectivity index (χ2n) is 14.8. The quantitative estimate of drug-likeness (QED) is 0.129. The fraction of sp³-hybridized carbons (Fsp3) is 0.667. The van der Waals surface area contributed by atoms with Crippen LogP contribution in [0.2, 0.25) is 0 Å². The van der Waals surface area contributed by atoms with Gasteiger partial charge in [0.1, 0.15) is 5.75 Å². The molecular formula is C36H51NO8S. The molecule has 0 bridgehead atoms. The first-order chi connectivity index (χ1) is 21.7. The Kier molecular flexibility index (Phi) is 10.1. The van der Waals surface area contributed by atoms with Crippen LogP contribution in [0.1, 0.15) is 110 Å². The summed E-state index contributed by atoms with van der Waals surface area (Å²) < 4.78 is 42.1. The number of hydrogen-bond acceptors (Lipinski definition) is 6. The average Bonchev–Trinajstić information content (AvgIpc) is 3.36. The van der Waals surface area contributed by atoms with E-state index in [1.807, 2.05) is 6.08 Å². The standard InChI is InChI=1S/C36H51NO8S/c1-22(7-6-8-23(2)33(38)37-32(34(39)40)24-9-12-26(44-5)13-10-24)29-15-16-30-28-14-11-25-21-27(45-46(41,42)43)17-19-35(25,3)31(28)18-20-36(29,30)4/h8-10,12-13,22,25,27,29,31-32H,6-7,11,14-21H2,1-5H3,(H,37,38)(H,39,40)(H,41,42,43)/b23-8+/t22-,25?,27+,29-,31?,32+,35+,36-/m1/s1. The predicted octanol–water partition coefficient (Wildman–Crippen LogP) is 7.21. The Labute approximate surface area is 274 Å². The molecule has 4 aliphatic carbocycles. The molecule has 254 valence electrons. The van der Waals surface area contributed by atoms with E-state index in [0.717, 1.165) is 51.4 Å². The summed E-state index contributed by atoms with van der Waals surface area (Å²) in [4.78, 5) is 24.9. The summed E-state index contributed by atoms with van der Waals surface area (Å²) in [5.41, 5.74) is 4.69. The van der Waals surface area contributed by atoms with E-state index in [4.69, 9.17) is 8.92 Å². The van der Waals surface area contributed by atoms with E-state index in [2.05, 4.69) is 26.1 Å². The molecule has 10 heteroatoms. The first-order valence-electron chi connectivity index (χ1n) is 16.9.